The van der Waals surface area contributed by atoms with Crippen molar-refractivity contribution in [3.63, 3.8) is 0 Å². The summed E-state index contributed by atoms with van der Waals surface area (Å²) in [5.74, 6) is 0.658. The van der Waals surface area contributed by atoms with E-state index in [9.17, 15) is 8.42 Å². The van der Waals surface area contributed by atoms with E-state index in [1.165, 1.54) is 6.26 Å². The van der Waals surface area contributed by atoms with Gasteiger partial charge in [-0.15, -0.1) is 0 Å². The molecule has 0 saturated heterocycles. The van der Waals surface area contributed by atoms with Crippen molar-refractivity contribution in [2.24, 2.45) is 4.99 Å². The van der Waals surface area contributed by atoms with E-state index < -0.39 is 9.84 Å². The molecule has 0 saturated carbocycles. The van der Waals surface area contributed by atoms with Gasteiger partial charge in [0.1, 0.15) is 0 Å². The first-order chi connectivity index (χ1) is 14.3. The van der Waals surface area contributed by atoms with Crippen molar-refractivity contribution in [1.82, 2.24) is 20.4 Å². The Hall–Kier alpha value is -3.13. The lowest BCUT2D eigenvalue weighted by Crippen LogP contribution is -2.36. The second-order valence-corrected chi connectivity index (χ2v) is 9.18. The maximum absolute atomic E-state index is 11.6. The van der Waals surface area contributed by atoms with E-state index in [4.69, 9.17) is 0 Å². The van der Waals surface area contributed by atoms with Crippen molar-refractivity contribution in [1.29, 1.82) is 0 Å². The van der Waals surface area contributed by atoms with Gasteiger partial charge in [-0.1, -0.05) is 30.3 Å². The van der Waals surface area contributed by atoms with E-state index in [2.05, 4.69) is 38.9 Å². The number of para-hydroxylation sites is 1. The smallest absolute Gasteiger partial charge is 0.191 e. The number of hydrogen-bond acceptors (Lipinski definition) is 4. The van der Waals surface area contributed by atoms with Gasteiger partial charge in [0.15, 0.2) is 15.8 Å². The van der Waals surface area contributed by atoms with Crippen LogP contribution in [0.25, 0.3) is 5.69 Å². The summed E-state index contributed by atoms with van der Waals surface area (Å²) in [6.45, 7) is 5.14. The van der Waals surface area contributed by atoms with Crippen LogP contribution in [0.5, 0.6) is 0 Å². The fraction of sp³-hybridized carbons (Fsp3) is 0.273. The minimum absolute atomic E-state index is 0.314. The van der Waals surface area contributed by atoms with Crippen LogP contribution in [-0.4, -0.2) is 37.5 Å². The van der Waals surface area contributed by atoms with Crippen LogP contribution in [0, 0.1) is 13.8 Å². The fourth-order valence-electron chi connectivity index (χ4n) is 3.18. The maximum atomic E-state index is 11.6. The topological polar surface area (TPSA) is 88.4 Å². The molecule has 0 aliphatic rings. The Labute approximate surface area is 177 Å². The average Bonchev–Trinajstić information content (AvgIpc) is 3.06. The summed E-state index contributed by atoms with van der Waals surface area (Å²) in [5, 5.41) is 11.2. The highest BCUT2D eigenvalue weighted by molar-refractivity contribution is 7.90. The van der Waals surface area contributed by atoms with Crippen LogP contribution in [-0.2, 0) is 22.9 Å². The molecule has 0 fully saturated rings. The summed E-state index contributed by atoms with van der Waals surface area (Å²) < 4.78 is 25.1. The molecule has 2 aromatic carbocycles. The molecule has 8 heteroatoms. The van der Waals surface area contributed by atoms with Crippen LogP contribution in [0.1, 0.15) is 22.5 Å². The van der Waals surface area contributed by atoms with Gasteiger partial charge in [0.05, 0.1) is 16.3 Å². The molecule has 0 spiro atoms. The number of aryl methyl sites for hydroxylation is 2. The van der Waals surface area contributed by atoms with E-state index in [0.29, 0.717) is 23.9 Å². The van der Waals surface area contributed by atoms with Gasteiger partial charge in [-0.2, -0.15) is 5.10 Å². The number of aromatic nitrogens is 2. The monoisotopic (exact) mass is 425 g/mol. The summed E-state index contributed by atoms with van der Waals surface area (Å²) in [6.07, 6.45) is 1.20. The number of guanidine groups is 1. The predicted octanol–water partition coefficient (Wildman–Crippen LogP) is 2.76. The van der Waals surface area contributed by atoms with Gasteiger partial charge in [-0.25, -0.2) is 13.1 Å². The molecular weight excluding hydrogens is 398 g/mol. The lowest BCUT2D eigenvalue weighted by molar-refractivity contribution is 0.602. The maximum Gasteiger partial charge on any atom is 0.191 e. The number of benzene rings is 2. The second-order valence-electron chi connectivity index (χ2n) is 7.16. The number of sulfone groups is 1. The highest BCUT2D eigenvalue weighted by Gasteiger charge is 2.10. The molecule has 0 aliphatic heterocycles. The zero-order chi connectivity index (χ0) is 21.7. The largest absolute Gasteiger partial charge is 0.352 e. The standard InChI is InChI=1S/C22H27N5O2S/c1-16-13-17(2)27(26-16)21-8-6-5-7-19(21)15-25-22(23-3)24-14-18-9-11-20(12-10-18)30(4,28)29/h5-13H,14-15H2,1-4H3,(H2,23,24,25). The zero-order valence-electron chi connectivity index (χ0n) is 17.7. The summed E-state index contributed by atoms with van der Waals surface area (Å²) in [7, 11) is -1.47. The van der Waals surface area contributed by atoms with Gasteiger partial charge in [0.2, 0.25) is 0 Å². The number of rotatable bonds is 6. The summed E-state index contributed by atoms with van der Waals surface area (Å²) in [6, 6.07) is 17.0. The van der Waals surface area contributed by atoms with Gasteiger partial charge in [0.25, 0.3) is 0 Å². The van der Waals surface area contributed by atoms with Crippen molar-refractivity contribution in [3.8, 4) is 5.69 Å². The molecule has 1 heterocycles. The first-order valence-corrected chi connectivity index (χ1v) is 11.5. The number of hydrogen-bond donors (Lipinski definition) is 2. The van der Waals surface area contributed by atoms with Gasteiger partial charge in [-0.05, 0) is 49.2 Å². The van der Waals surface area contributed by atoms with E-state index in [-0.39, 0.29) is 0 Å². The molecule has 30 heavy (non-hydrogen) atoms. The molecule has 2 N–H and O–H groups in total. The van der Waals surface area contributed by atoms with Crippen LogP contribution in [0.3, 0.4) is 0 Å². The fourth-order valence-corrected chi connectivity index (χ4v) is 3.81. The quantitative estimate of drug-likeness (QED) is 0.468. The Bertz CT molecular complexity index is 1150. The summed E-state index contributed by atoms with van der Waals surface area (Å²) >= 11 is 0. The summed E-state index contributed by atoms with van der Waals surface area (Å²) in [5.41, 5.74) is 5.16. The molecule has 0 bridgehead atoms. The predicted molar refractivity (Wildman–Crippen MR) is 120 cm³/mol. The third-order valence-corrected chi connectivity index (χ3v) is 5.84. The Kier molecular flexibility index (Phi) is 6.56. The van der Waals surface area contributed by atoms with Crippen LogP contribution < -0.4 is 10.6 Å². The molecule has 3 aromatic rings. The number of aliphatic imine (C=N–C) groups is 1. The van der Waals surface area contributed by atoms with E-state index >= 15 is 0 Å². The molecule has 0 unspecified atom stereocenters. The highest BCUT2D eigenvalue weighted by atomic mass is 32.2. The summed E-state index contributed by atoms with van der Waals surface area (Å²) in [4.78, 5) is 4.59. The third-order valence-electron chi connectivity index (χ3n) is 4.71. The minimum atomic E-state index is -3.19. The van der Waals surface area contributed by atoms with Gasteiger partial charge in [-0.3, -0.25) is 4.99 Å². The highest BCUT2D eigenvalue weighted by Crippen LogP contribution is 2.17. The normalized spacial score (nSPS) is 12.1. The number of nitrogens with one attached hydrogen (secondary N) is 2. The molecule has 1 aromatic heterocycles. The molecule has 0 radical (unpaired) electrons. The molecule has 0 amide bonds. The van der Waals surface area contributed by atoms with Crippen molar-refractivity contribution in [2.45, 2.75) is 31.8 Å². The Morgan fingerprint density at radius 2 is 1.70 bits per heavy atom. The van der Waals surface area contributed by atoms with Crippen molar-refractivity contribution in [3.05, 3.63) is 77.1 Å². The van der Waals surface area contributed by atoms with Gasteiger partial charge < -0.3 is 10.6 Å². The number of nitrogens with zero attached hydrogens (tertiary/aromatic N) is 3. The second kappa shape index (κ2) is 9.13. The first kappa shape index (κ1) is 21.6. The lowest BCUT2D eigenvalue weighted by Gasteiger charge is -2.15. The molecular formula is C22H27N5O2S. The van der Waals surface area contributed by atoms with E-state index in [0.717, 1.165) is 28.2 Å². The van der Waals surface area contributed by atoms with Crippen LogP contribution in [0.2, 0.25) is 0 Å². The SMILES string of the molecule is CN=C(NCc1ccc(S(C)(=O)=O)cc1)NCc1ccccc1-n1nc(C)cc1C. The van der Waals surface area contributed by atoms with Gasteiger partial charge in [0, 0.05) is 32.1 Å². The lowest BCUT2D eigenvalue weighted by atomic mass is 10.1. The molecule has 0 aliphatic carbocycles. The molecule has 7 nitrogen and oxygen atoms in total. The first-order valence-electron chi connectivity index (χ1n) is 9.63. The van der Waals surface area contributed by atoms with Crippen molar-refractivity contribution < 1.29 is 8.42 Å². The molecule has 3 rings (SSSR count). The van der Waals surface area contributed by atoms with E-state index in [1.54, 1.807) is 31.3 Å². The van der Waals surface area contributed by atoms with Crippen LogP contribution in [0.4, 0.5) is 0 Å². The third kappa shape index (κ3) is 5.27. The van der Waals surface area contributed by atoms with Crippen LogP contribution >= 0.6 is 0 Å². The molecule has 0 atom stereocenters. The van der Waals surface area contributed by atoms with Gasteiger partial charge >= 0.3 is 0 Å². The Morgan fingerprint density at radius 1 is 1.03 bits per heavy atom. The zero-order valence-corrected chi connectivity index (χ0v) is 18.5. The van der Waals surface area contributed by atoms with E-state index in [1.807, 2.05) is 30.7 Å². The minimum Gasteiger partial charge on any atom is -0.352 e. The van der Waals surface area contributed by atoms with Crippen molar-refractivity contribution >= 4 is 15.8 Å². The Balaban J connectivity index is 1.65. The average molecular weight is 426 g/mol. The molecule has 158 valence electrons. The van der Waals surface area contributed by atoms with Crippen molar-refractivity contribution in [2.75, 3.05) is 13.3 Å². The van der Waals surface area contributed by atoms with Crippen LogP contribution in [0.15, 0.2) is 64.5 Å². The Morgan fingerprint density at radius 3 is 2.30 bits per heavy atom.